The third kappa shape index (κ3) is 5.82. The van der Waals surface area contributed by atoms with E-state index < -0.39 is 0 Å². The minimum Gasteiger partial charge on any atom is -0.376 e. The van der Waals surface area contributed by atoms with Crippen LogP contribution in [0.4, 0.5) is 5.69 Å². The van der Waals surface area contributed by atoms with E-state index in [1.807, 2.05) is 0 Å². The third-order valence-corrected chi connectivity index (χ3v) is 4.24. The second-order valence-electron chi connectivity index (χ2n) is 8.36. The highest BCUT2D eigenvalue weighted by molar-refractivity contribution is 5.49. The van der Waals surface area contributed by atoms with Gasteiger partial charge in [0, 0.05) is 30.9 Å². The van der Waals surface area contributed by atoms with Gasteiger partial charge in [-0.3, -0.25) is 0 Å². The van der Waals surface area contributed by atoms with Crippen LogP contribution in [0.25, 0.3) is 0 Å². The highest BCUT2D eigenvalue weighted by Crippen LogP contribution is 2.25. The Hall–Kier alpha value is -1.06. The molecule has 0 aliphatic carbocycles. The molecular weight excluding hydrogens is 284 g/mol. The van der Waals surface area contributed by atoms with E-state index in [4.69, 9.17) is 4.74 Å². The Balaban J connectivity index is 1.88. The van der Waals surface area contributed by atoms with Crippen LogP contribution in [-0.4, -0.2) is 31.8 Å². The van der Waals surface area contributed by atoms with Gasteiger partial charge in [0.15, 0.2) is 0 Å². The molecule has 0 amide bonds. The number of ether oxygens (including phenoxy) is 1. The summed E-state index contributed by atoms with van der Waals surface area (Å²) in [7, 11) is 0. The number of hydrogen-bond donors (Lipinski definition) is 1. The van der Waals surface area contributed by atoms with Gasteiger partial charge in [0.05, 0.1) is 12.7 Å². The van der Waals surface area contributed by atoms with Crippen LogP contribution in [0.2, 0.25) is 0 Å². The molecule has 1 N–H and O–H groups in total. The lowest BCUT2D eigenvalue weighted by molar-refractivity contribution is 0.0205. The smallest absolute Gasteiger partial charge is 0.0767 e. The zero-order valence-corrected chi connectivity index (χ0v) is 15.7. The van der Waals surface area contributed by atoms with Crippen LogP contribution in [0.3, 0.4) is 0 Å². The molecule has 0 aromatic heterocycles. The fourth-order valence-electron chi connectivity index (χ4n) is 3.04. The molecule has 1 saturated heterocycles. The van der Waals surface area contributed by atoms with Crippen LogP contribution < -0.4 is 10.2 Å². The van der Waals surface area contributed by atoms with Crippen LogP contribution in [0.15, 0.2) is 24.3 Å². The van der Waals surface area contributed by atoms with Crippen molar-refractivity contribution < 1.29 is 4.74 Å². The molecule has 3 nitrogen and oxygen atoms in total. The first-order valence-electron chi connectivity index (χ1n) is 8.97. The summed E-state index contributed by atoms with van der Waals surface area (Å²) in [6.07, 6.45) is 1.50. The van der Waals surface area contributed by atoms with Gasteiger partial charge in [-0.1, -0.05) is 46.8 Å². The Morgan fingerprint density at radius 2 is 1.83 bits per heavy atom. The minimum atomic E-state index is 0.245. The fourth-order valence-corrected chi connectivity index (χ4v) is 3.04. The van der Waals surface area contributed by atoms with Crippen LogP contribution in [-0.2, 0) is 4.74 Å². The molecule has 3 heteroatoms. The topological polar surface area (TPSA) is 24.5 Å². The summed E-state index contributed by atoms with van der Waals surface area (Å²) >= 11 is 0. The van der Waals surface area contributed by atoms with Gasteiger partial charge >= 0.3 is 0 Å². The van der Waals surface area contributed by atoms with E-state index >= 15 is 0 Å². The maximum absolute atomic E-state index is 6.07. The Morgan fingerprint density at radius 3 is 2.39 bits per heavy atom. The van der Waals surface area contributed by atoms with Gasteiger partial charge in [-0.05, 0) is 36.5 Å². The Morgan fingerprint density at radius 1 is 1.17 bits per heavy atom. The molecule has 0 radical (unpaired) electrons. The standard InChI is InChI=1S/C20H34N2O/c1-15(2)21-16(3)17-7-9-18(10-8-17)22-12-11-19(13-22)23-14-20(4,5)6/h7-10,15-16,19,21H,11-14H2,1-6H3/t16?,19-/m1/s1. The molecule has 0 spiro atoms. The summed E-state index contributed by atoms with van der Waals surface area (Å²) < 4.78 is 6.07. The zero-order valence-electron chi connectivity index (χ0n) is 15.7. The van der Waals surface area contributed by atoms with E-state index in [1.165, 1.54) is 11.3 Å². The summed E-state index contributed by atoms with van der Waals surface area (Å²) in [5.41, 5.74) is 2.91. The molecule has 1 aromatic carbocycles. The quantitative estimate of drug-likeness (QED) is 0.842. The van der Waals surface area contributed by atoms with E-state index in [0.717, 1.165) is 26.1 Å². The predicted molar refractivity (Wildman–Crippen MR) is 99.2 cm³/mol. The second-order valence-corrected chi connectivity index (χ2v) is 8.36. The van der Waals surface area contributed by atoms with Crippen LogP contribution >= 0.6 is 0 Å². The number of benzene rings is 1. The largest absolute Gasteiger partial charge is 0.376 e. The second kappa shape index (κ2) is 7.67. The summed E-state index contributed by atoms with van der Waals surface area (Å²) in [6.45, 7) is 16.2. The van der Waals surface area contributed by atoms with Crippen molar-refractivity contribution in [2.45, 2.75) is 66.2 Å². The van der Waals surface area contributed by atoms with Crippen molar-refractivity contribution in [2.75, 3.05) is 24.6 Å². The molecule has 1 aliphatic heterocycles. The van der Waals surface area contributed by atoms with E-state index in [9.17, 15) is 0 Å². The highest BCUT2D eigenvalue weighted by Gasteiger charge is 2.25. The van der Waals surface area contributed by atoms with Crippen molar-refractivity contribution in [3.05, 3.63) is 29.8 Å². The molecule has 23 heavy (non-hydrogen) atoms. The molecule has 0 bridgehead atoms. The summed E-state index contributed by atoms with van der Waals surface area (Å²) in [4.78, 5) is 2.44. The first kappa shape index (κ1) is 18.3. The van der Waals surface area contributed by atoms with Crippen molar-refractivity contribution in [2.24, 2.45) is 5.41 Å². The normalized spacial score (nSPS) is 20.3. The first-order chi connectivity index (χ1) is 10.7. The fraction of sp³-hybridized carbons (Fsp3) is 0.700. The predicted octanol–water partition coefficient (Wildman–Crippen LogP) is 4.39. The Kier molecular flexibility index (Phi) is 6.10. The monoisotopic (exact) mass is 318 g/mol. The van der Waals surface area contributed by atoms with Crippen molar-refractivity contribution in [1.29, 1.82) is 0 Å². The van der Waals surface area contributed by atoms with E-state index in [1.54, 1.807) is 0 Å². The van der Waals surface area contributed by atoms with E-state index in [-0.39, 0.29) is 5.41 Å². The summed E-state index contributed by atoms with van der Waals surface area (Å²) in [5.74, 6) is 0. The highest BCUT2D eigenvalue weighted by atomic mass is 16.5. The van der Waals surface area contributed by atoms with Crippen LogP contribution in [0, 0.1) is 5.41 Å². The summed E-state index contributed by atoms with van der Waals surface area (Å²) in [5, 5.41) is 3.55. The van der Waals surface area contributed by atoms with Gasteiger partial charge in [0.2, 0.25) is 0 Å². The molecule has 1 aromatic rings. The van der Waals surface area contributed by atoms with Gasteiger partial charge in [-0.15, -0.1) is 0 Å². The number of hydrogen-bond acceptors (Lipinski definition) is 3. The molecule has 0 saturated carbocycles. The van der Waals surface area contributed by atoms with Crippen LogP contribution in [0.5, 0.6) is 0 Å². The van der Waals surface area contributed by atoms with Gasteiger partial charge in [0.1, 0.15) is 0 Å². The lowest BCUT2D eigenvalue weighted by atomic mass is 9.98. The number of rotatable bonds is 6. The molecule has 1 aliphatic rings. The minimum absolute atomic E-state index is 0.245. The maximum Gasteiger partial charge on any atom is 0.0767 e. The molecular formula is C20H34N2O. The maximum atomic E-state index is 6.07. The van der Waals surface area contributed by atoms with E-state index in [0.29, 0.717) is 18.2 Å². The third-order valence-electron chi connectivity index (χ3n) is 4.24. The first-order valence-corrected chi connectivity index (χ1v) is 8.97. The molecule has 130 valence electrons. The molecule has 2 atom stereocenters. The van der Waals surface area contributed by atoms with Crippen LogP contribution in [0.1, 0.15) is 59.6 Å². The average molecular weight is 319 g/mol. The molecule has 2 rings (SSSR count). The van der Waals surface area contributed by atoms with Crippen molar-refractivity contribution in [3.63, 3.8) is 0 Å². The van der Waals surface area contributed by atoms with Crippen molar-refractivity contribution >= 4 is 5.69 Å². The van der Waals surface area contributed by atoms with E-state index in [2.05, 4.69) is 76.0 Å². The zero-order chi connectivity index (χ0) is 17.0. The Labute approximate surface area is 142 Å². The Bertz CT molecular complexity index is 475. The van der Waals surface area contributed by atoms with Gasteiger partial charge < -0.3 is 15.0 Å². The molecule has 1 unspecified atom stereocenters. The summed E-state index contributed by atoms with van der Waals surface area (Å²) in [6, 6.07) is 9.90. The van der Waals surface area contributed by atoms with Gasteiger partial charge in [0.25, 0.3) is 0 Å². The lowest BCUT2D eigenvalue weighted by Crippen LogP contribution is -2.27. The number of nitrogens with one attached hydrogen (secondary N) is 1. The van der Waals surface area contributed by atoms with Gasteiger partial charge in [-0.2, -0.15) is 0 Å². The number of anilines is 1. The average Bonchev–Trinajstić information content (AvgIpc) is 2.93. The van der Waals surface area contributed by atoms with Crippen molar-refractivity contribution in [1.82, 2.24) is 5.32 Å². The SMILES string of the molecule is CC(C)NC(C)c1ccc(N2CC[C@@H](OCC(C)(C)C)C2)cc1. The number of nitrogens with zero attached hydrogens (tertiary/aromatic N) is 1. The lowest BCUT2D eigenvalue weighted by Gasteiger charge is -2.23. The molecule has 1 fully saturated rings. The molecule has 1 heterocycles. The van der Waals surface area contributed by atoms with Crippen molar-refractivity contribution in [3.8, 4) is 0 Å². The van der Waals surface area contributed by atoms with Gasteiger partial charge in [-0.25, -0.2) is 0 Å².